The summed E-state index contributed by atoms with van der Waals surface area (Å²) < 4.78 is 31.4. The predicted molar refractivity (Wildman–Crippen MR) is 127 cm³/mol. The van der Waals surface area contributed by atoms with E-state index in [9.17, 15) is 8.42 Å². The largest absolute Gasteiger partial charge is 0.502 e. The fourth-order valence-corrected chi connectivity index (χ4v) is 5.63. The number of nitrogens with two attached hydrogens (primary N) is 1. The molecular formula is C23H24N4O3S2. The number of rotatable bonds is 6. The second-order valence-corrected chi connectivity index (χ2v) is 10.3. The average Bonchev–Trinajstić information content (AvgIpc) is 3.22. The van der Waals surface area contributed by atoms with Gasteiger partial charge in [0.1, 0.15) is 10.8 Å². The van der Waals surface area contributed by atoms with E-state index in [0.717, 1.165) is 45.0 Å². The summed E-state index contributed by atoms with van der Waals surface area (Å²) in [5.74, 6) is 0.570. The molecule has 7 nitrogen and oxygen atoms in total. The lowest BCUT2D eigenvalue weighted by Gasteiger charge is -2.27. The van der Waals surface area contributed by atoms with Gasteiger partial charge in [0, 0.05) is 17.8 Å². The van der Waals surface area contributed by atoms with Gasteiger partial charge in [-0.15, -0.1) is 11.3 Å². The Kier molecular flexibility index (Phi) is 6.31. The van der Waals surface area contributed by atoms with Crippen LogP contribution in [0, 0.1) is 6.57 Å². The highest BCUT2D eigenvalue weighted by molar-refractivity contribution is 7.87. The summed E-state index contributed by atoms with van der Waals surface area (Å²) in [6, 6.07) is 11.2. The van der Waals surface area contributed by atoms with E-state index in [0.29, 0.717) is 17.9 Å². The third-order valence-corrected chi connectivity index (χ3v) is 6.97. The molecule has 0 unspecified atom stereocenters. The van der Waals surface area contributed by atoms with Crippen LogP contribution in [0.1, 0.15) is 43.9 Å². The van der Waals surface area contributed by atoms with Crippen LogP contribution in [0.2, 0.25) is 0 Å². The number of hydrogen-bond donors (Lipinski definition) is 2. The van der Waals surface area contributed by atoms with Crippen molar-refractivity contribution in [1.82, 2.24) is 9.71 Å². The Labute approximate surface area is 192 Å². The van der Waals surface area contributed by atoms with Crippen molar-refractivity contribution in [3.8, 4) is 26.8 Å². The molecule has 0 fully saturated rings. The Morgan fingerprint density at radius 1 is 1.31 bits per heavy atom. The summed E-state index contributed by atoms with van der Waals surface area (Å²) in [4.78, 5) is 9.20. The fraction of sp³-hybridized carbons (Fsp3) is 0.304. The van der Waals surface area contributed by atoms with E-state index in [2.05, 4.69) is 14.6 Å². The van der Waals surface area contributed by atoms with Crippen molar-refractivity contribution >= 4 is 27.2 Å². The summed E-state index contributed by atoms with van der Waals surface area (Å²) in [7, 11) is -3.79. The zero-order chi connectivity index (χ0) is 22.9. The SMILES string of the molecule is [C-]#[N+]c1cc(-c2ncc(-c3cccc4c3CCC[C@H]4NS(N)(=O)=O)s2)ccc1OC(C)C. The quantitative estimate of drug-likeness (QED) is 0.498. The molecule has 4 rings (SSSR count). The average molecular weight is 469 g/mol. The minimum Gasteiger partial charge on any atom is -0.502 e. The van der Waals surface area contributed by atoms with Gasteiger partial charge in [0.2, 0.25) is 5.69 Å². The monoisotopic (exact) mass is 468 g/mol. The van der Waals surface area contributed by atoms with Crippen LogP contribution in [0.3, 0.4) is 0 Å². The number of ether oxygens (including phenoxy) is 1. The standard InChI is InChI=1S/C23H24N4O3S2/c1-14(2)30-21-11-10-15(12-20(21)25-3)23-26-13-22(31-23)18-8-4-7-17-16(18)6-5-9-19(17)27-32(24,28)29/h4,7-8,10-14,19,27H,5-6,9H2,1-2H3,(H2,24,28,29)/t19-/m1/s1. The first-order chi connectivity index (χ1) is 15.2. The Morgan fingerprint density at radius 2 is 2.12 bits per heavy atom. The smallest absolute Gasteiger partial charge is 0.274 e. The van der Waals surface area contributed by atoms with Gasteiger partial charge < -0.3 is 4.74 Å². The maximum absolute atomic E-state index is 11.6. The van der Waals surface area contributed by atoms with Gasteiger partial charge >= 0.3 is 0 Å². The molecule has 166 valence electrons. The van der Waals surface area contributed by atoms with Gasteiger partial charge in [-0.2, -0.15) is 13.1 Å². The normalized spacial score (nSPS) is 15.9. The highest BCUT2D eigenvalue weighted by Crippen LogP contribution is 2.41. The van der Waals surface area contributed by atoms with Crippen LogP contribution in [0.4, 0.5) is 5.69 Å². The molecular weight excluding hydrogens is 444 g/mol. The van der Waals surface area contributed by atoms with E-state index in [1.54, 1.807) is 17.4 Å². The maximum Gasteiger partial charge on any atom is 0.274 e. The number of aromatic nitrogens is 1. The first-order valence-electron chi connectivity index (χ1n) is 10.3. The van der Waals surface area contributed by atoms with Crippen LogP contribution < -0.4 is 14.6 Å². The Balaban J connectivity index is 1.68. The minimum atomic E-state index is -3.79. The topological polar surface area (TPSA) is 98.7 Å². The van der Waals surface area contributed by atoms with Crippen molar-refractivity contribution in [3.63, 3.8) is 0 Å². The zero-order valence-corrected chi connectivity index (χ0v) is 19.5. The summed E-state index contributed by atoms with van der Waals surface area (Å²) >= 11 is 1.55. The fourth-order valence-electron chi connectivity index (χ4n) is 4.02. The number of nitrogens with zero attached hydrogens (tertiary/aromatic N) is 2. The molecule has 0 aliphatic heterocycles. The molecule has 0 amide bonds. The Hall–Kier alpha value is -2.77. The van der Waals surface area contributed by atoms with Gasteiger partial charge in [0.05, 0.1) is 17.6 Å². The van der Waals surface area contributed by atoms with E-state index < -0.39 is 10.2 Å². The Bertz CT molecular complexity index is 1290. The maximum atomic E-state index is 11.6. The highest BCUT2D eigenvalue weighted by Gasteiger charge is 2.25. The van der Waals surface area contributed by atoms with Crippen LogP contribution in [0.25, 0.3) is 25.9 Å². The molecule has 0 bridgehead atoms. The molecule has 2 aromatic carbocycles. The number of thiazole rings is 1. The molecule has 0 radical (unpaired) electrons. The third-order valence-electron chi connectivity index (χ3n) is 5.27. The Morgan fingerprint density at radius 3 is 2.84 bits per heavy atom. The lowest BCUT2D eigenvalue weighted by molar-refractivity contribution is 0.244. The van der Waals surface area contributed by atoms with Gasteiger partial charge in [-0.3, -0.25) is 0 Å². The van der Waals surface area contributed by atoms with E-state index in [1.807, 2.05) is 50.4 Å². The molecule has 32 heavy (non-hydrogen) atoms. The molecule has 1 aromatic heterocycles. The first kappa shape index (κ1) is 22.4. The molecule has 1 atom stereocenters. The van der Waals surface area contributed by atoms with Crippen LogP contribution in [0.15, 0.2) is 42.6 Å². The van der Waals surface area contributed by atoms with Crippen LogP contribution in [0.5, 0.6) is 5.75 Å². The zero-order valence-electron chi connectivity index (χ0n) is 17.8. The van der Waals surface area contributed by atoms with Gasteiger partial charge in [-0.1, -0.05) is 24.3 Å². The van der Waals surface area contributed by atoms with E-state index >= 15 is 0 Å². The van der Waals surface area contributed by atoms with Crippen molar-refractivity contribution in [1.29, 1.82) is 0 Å². The van der Waals surface area contributed by atoms with Crippen molar-refractivity contribution < 1.29 is 13.2 Å². The van der Waals surface area contributed by atoms with Gasteiger partial charge in [-0.05, 0) is 61.9 Å². The molecule has 0 saturated heterocycles. The van der Waals surface area contributed by atoms with Crippen molar-refractivity contribution in [2.75, 3.05) is 0 Å². The second-order valence-electron chi connectivity index (χ2n) is 7.97. The molecule has 1 heterocycles. The number of benzene rings is 2. The third kappa shape index (κ3) is 4.84. The summed E-state index contributed by atoms with van der Waals surface area (Å²) in [6.07, 6.45) is 4.27. The van der Waals surface area contributed by atoms with Gasteiger partial charge in [0.15, 0.2) is 0 Å². The number of hydrogen-bond acceptors (Lipinski definition) is 5. The van der Waals surface area contributed by atoms with E-state index in [1.165, 1.54) is 0 Å². The molecule has 1 aliphatic rings. The van der Waals surface area contributed by atoms with E-state index in [-0.39, 0.29) is 12.1 Å². The highest BCUT2D eigenvalue weighted by atomic mass is 32.2. The molecule has 0 spiro atoms. The van der Waals surface area contributed by atoms with E-state index in [4.69, 9.17) is 16.4 Å². The van der Waals surface area contributed by atoms with Crippen LogP contribution >= 0.6 is 11.3 Å². The number of nitrogens with one attached hydrogen (secondary N) is 1. The lowest BCUT2D eigenvalue weighted by Crippen LogP contribution is -2.35. The first-order valence-corrected chi connectivity index (χ1v) is 12.7. The molecule has 9 heteroatoms. The lowest BCUT2D eigenvalue weighted by atomic mass is 9.85. The van der Waals surface area contributed by atoms with Crippen molar-refractivity contribution in [3.05, 3.63) is 65.1 Å². The predicted octanol–water partition coefficient (Wildman–Crippen LogP) is 4.99. The summed E-state index contributed by atoms with van der Waals surface area (Å²) in [6.45, 7) is 11.3. The van der Waals surface area contributed by atoms with Gasteiger partial charge in [-0.25, -0.2) is 15.0 Å². The molecule has 3 N–H and O–H groups in total. The summed E-state index contributed by atoms with van der Waals surface area (Å²) in [5.41, 5.74) is 4.46. The van der Waals surface area contributed by atoms with Crippen LogP contribution in [-0.4, -0.2) is 19.5 Å². The summed E-state index contributed by atoms with van der Waals surface area (Å²) in [5, 5.41) is 6.04. The van der Waals surface area contributed by atoms with Crippen molar-refractivity contribution in [2.45, 2.75) is 45.3 Å². The van der Waals surface area contributed by atoms with Crippen molar-refractivity contribution in [2.24, 2.45) is 5.14 Å². The molecule has 1 aliphatic carbocycles. The minimum absolute atomic E-state index is 0.00959. The van der Waals surface area contributed by atoms with Crippen LogP contribution in [-0.2, 0) is 16.6 Å². The molecule has 3 aromatic rings. The number of fused-ring (bicyclic) bond motifs is 1. The van der Waals surface area contributed by atoms with Gasteiger partial charge in [0.25, 0.3) is 10.2 Å². The molecule has 0 saturated carbocycles. The second kappa shape index (κ2) is 9.00.